The molecule has 1 aromatic carbocycles. The molecule has 1 aliphatic heterocycles. The number of nitrogens with zero attached hydrogens (tertiary/aromatic N) is 2. The largest absolute Gasteiger partial charge is 0.368 e. The number of aryl methyl sites for hydroxylation is 1. The smallest absolute Gasteiger partial charge is 0.295 e. The Labute approximate surface area is 117 Å². The maximum atomic E-state index is 12.2. The highest BCUT2D eigenvalue weighted by Crippen LogP contribution is 2.28. The predicted octanol–water partition coefficient (Wildman–Crippen LogP) is 2.33. The minimum Gasteiger partial charge on any atom is -0.368 e. The Hall–Kier alpha value is -2.11. The van der Waals surface area contributed by atoms with Gasteiger partial charge in [-0.25, -0.2) is 0 Å². The lowest BCUT2D eigenvalue weighted by molar-refractivity contribution is -0.384. The maximum Gasteiger partial charge on any atom is 0.295 e. The van der Waals surface area contributed by atoms with E-state index < -0.39 is 11.0 Å². The van der Waals surface area contributed by atoms with E-state index in [1.165, 1.54) is 0 Å². The molecular formula is C14H19N3O3. The van der Waals surface area contributed by atoms with Gasteiger partial charge in [0.2, 0.25) is 5.91 Å². The molecule has 0 saturated carbocycles. The van der Waals surface area contributed by atoms with E-state index in [2.05, 4.69) is 5.32 Å². The Kier molecular flexibility index (Phi) is 4.22. The second-order valence-corrected chi connectivity index (χ2v) is 5.13. The van der Waals surface area contributed by atoms with Gasteiger partial charge < -0.3 is 10.2 Å². The van der Waals surface area contributed by atoms with Crippen LogP contribution in [0.15, 0.2) is 18.2 Å². The monoisotopic (exact) mass is 277 g/mol. The van der Waals surface area contributed by atoms with Crippen molar-refractivity contribution in [2.75, 3.05) is 18.4 Å². The van der Waals surface area contributed by atoms with Crippen molar-refractivity contribution in [2.24, 2.45) is 0 Å². The molecule has 1 saturated heterocycles. The van der Waals surface area contributed by atoms with Crippen molar-refractivity contribution in [2.45, 2.75) is 32.7 Å². The van der Waals surface area contributed by atoms with E-state index in [1.54, 1.807) is 36.9 Å². The number of likely N-dealkylation sites (tertiary alicyclic amines) is 1. The summed E-state index contributed by atoms with van der Waals surface area (Å²) in [7, 11) is 0. The minimum atomic E-state index is -0.464. The maximum absolute atomic E-state index is 12.2. The molecule has 6 heteroatoms. The second-order valence-electron chi connectivity index (χ2n) is 5.13. The minimum absolute atomic E-state index is 0.00157. The number of para-hydroxylation sites is 1. The van der Waals surface area contributed by atoms with Gasteiger partial charge in [-0.2, -0.15) is 0 Å². The number of rotatable bonds is 4. The van der Waals surface area contributed by atoms with Crippen molar-refractivity contribution in [3.63, 3.8) is 0 Å². The number of nitrogens with one attached hydrogen (secondary N) is 1. The summed E-state index contributed by atoms with van der Waals surface area (Å²) in [4.78, 5) is 24.7. The van der Waals surface area contributed by atoms with Crippen LogP contribution >= 0.6 is 0 Å². The molecule has 0 spiro atoms. The normalized spacial score (nSPS) is 16.0. The SMILES string of the molecule is Cc1cccc(NC(C)C(=O)N2CCCC2)c1[N+](=O)[O-]. The number of benzene rings is 1. The molecule has 1 N–H and O–H groups in total. The van der Waals surface area contributed by atoms with Crippen molar-refractivity contribution in [3.05, 3.63) is 33.9 Å². The first-order valence-corrected chi connectivity index (χ1v) is 6.80. The van der Waals surface area contributed by atoms with Crippen LogP contribution < -0.4 is 5.32 Å². The first kappa shape index (κ1) is 14.3. The summed E-state index contributed by atoms with van der Waals surface area (Å²) in [6.45, 7) is 4.99. The molecule has 0 aromatic heterocycles. The van der Waals surface area contributed by atoms with Crippen LogP contribution in [0, 0.1) is 17.0 Å². The molecule has 0 bridgehead atoms. The lowest BCUT2D eigenvalue weighted by Crippen LogP contribution is -2.39. The molecule has 1 aromatic rings. The molecule has 6 nitrogen and oxygen atoms in total. The fraction of sp³-hybridized carbons (Fsp3) is 0.500. The Morgan fingerprint density at radius 1 is 1.40 bits per heavy atom. The first-order chi connectivity index (χ1) is 9.50. The summed E-state index contributed by atoms with van der Waals surface area (Å²) in [5.74, 6) is -0.00157. The van der Waals surface area contributed by atoms with Crippen molar-refractivity contribution < 1.29 is 9.72 Å². The van der Waals surface area contributed by atoms with Crippen molar-refractivity contribution in [3.8, 4) is 0 Å². The number of nitro benzene ring substituents is 1. The topological polar surface area (TPSA) is 75.5 Å². The van der Waals surface area contributed by atoms with Crippen LogP contribution in [0.5, 0.6) is 0 Å². The van der Waals surface area contributed by atoms with Crippen LogP contribution in [-0.4, -0.2) is 34.9 Å². The highest BCUT2D eigenvalue weighted by atomic mass is 16.6. The summed E-state index contributed by atoms with van der Waals surface area (Å²) < 4.78 is 0. The van der Waals surface area contributed by atoms with Gasteiger partial charge in [0, 0.05) is 18.7 Å². The molecule has 1 aliphatic rings. The van der Waals surface area contributed by atoms with E-state index >= 15 is 0 Å². The lowest BCUT2D eigenvalue weighted by Gasteiger charge is -2.22. The number of carbonyl (C=O) groups is 1. The summed E-state index contributed by atoms with van der Waals surface area (Å²) in [5, 5.41) is 14.1. The van der Waals surface area contributed by atoms with Gasteiger partial charge in [0.15, 0.2) is 0 Å². The molecule has 1 heterocycles. The quantitative estimate of drug-likeness (QED) is 0.677. The zero-order valence-electron chi connectivity index (χ0n) is 11.8. The number of amides is 1. The van der Waals surface area contributed by atoms with Gasteiger partial charge in [-0.3, -0.25) is 14.9 Å². The molecule has 1 amide bonds. The van der Waals surface area contributed by atoms with E-state index in [4.69, 9.17) is 0 Å². The van der Waals surface area contributed by atoms with Crippen LogP contribution in [0.4, 0.5) is 11.4 Å². The molecule has 0 radical (unpaired) electrons. The molecule has 20 heavy (non-hydrogen) atoms. The van der Waals surface area contributed by atoms with E-state index in [1.807, 2.05) is 0 Å². The number of carbonyl (C=O) groups excluding carboxylic acids is 1. The number of nitro groups is 1. The van der Waals surface area contributed by atoms with Crippen LogP contribution in [-0.2, 0) is 4.79 Å². The van der Waals surface area contributed by atoms with Crippen LogP contribution in [0.2, 0.25) is 0 Å². The van der Waals surface area contributed by atoms with Gasteiger partial charge in [-0.1, -0.05) is 12.1 Å². The second kappa shape index (κ2) is 5.90. The average molecular weight is 277 g/mol. The van der Waals surface area contributed by atoms with Crippen molar-refractivity contribution >= 4 is 17.3 Å². The molecule has 2 rings (SSSR count). The van der Waals surface area contributed by atoms with Crippen molar-refractivity contribution in [1.82, 2.24) is 4.90 Å². The van der Waals surface area contributed by atoms with Crippen LogP contribution in [0.25, 0.3) is 0 Å². The van der Waals surface area contributed by atoms with E-state index in [0.29, 0.717) is 11.3 Å². The Morgan fingerprint density at radius 2 is 2.05 bits per heavy atom. The van der Waals surface area contributed by atoms with E-state index in [0.717, 1.165) is 25.9 Å². The van der Waals surface area contributed by atoms with Crippen LogP contribution in [0.3, 0.4) is 0 Å². The zero-order valence-corrected chi connectivity index (χ0v) is 11.8. The molecule has 1 unspecified atom stereocenters. The fourth-order valence-corrected chi connectivity index (χ4v) is 2.52. The molecule has 1 fully saturated rings. The number of anilines is 1. The van der Waals surface area contributed by atoms with Crippen molar-refractivity contribution in [1.29, 1.82) is 0 Å². The third-order valence-electron chi connectivity index (χ3n) is 3.58. The molecule has 1 atom stereocenters. The Morgan fingerprint density at radius 3 is 2.65 bits per heavy atom. The summed E-state index contributed by atoms with van der Waals surface area (Å²) in [6.07, 6.45) is 2.06. The predicted molar refractivity (Wildman–Crippen MR) is 76.7 cm³/mol. The number of hydrogen-bond donors (Lipinski definition) is 1. The summed E-state index contributed by atoms with van der Waals surface area (Å²) >= 11 is 0. The number of hydrogen-bond acceptors (Lipinski definition) is 4. The summed E-state index contributed by atoms with van der Waals surface area (Å²) in [5.41, 5.74) is 1.02. The third-order valence-corrected chi connectivity index (χ3v) is 3.58. The Bertz CT molecular complexity index is 524. The Balaban J connectivity index is 2.15. The van der Waals surface area contributed by atoms with E-state index in [9.17, 15) is 14.9 Å². The van der Waals surface area contributed by atoms with Gasteiger partial charge in [0.05, 0.1) is 4.92 Å². The van der Waals surface area contributed by atoms with Gasteiger partial charge in [0.25, 0.3) is 5.69 Å². The molecule has 0 aliphatic carbocycles. The highest BCUT2D eigenvalue weighted by molar-refractivity contribution is 5.85. The standard InChI is InChI=1S/C14H19N3O3/c1-10-6-5-7-12(13(10)17(19)20)15-11(2)14(18)16-8-3-4-9-16/h5-7,11,15H,3-4,8-9H2,1-2H3. The van der Waals surface area contributed by atoms with E-state index in [-0.39, 0.29) is 11.6 Å². The lowest BCUT2D eigenvalue weighted by atomic mass is 10.1. The van der Waals surface area contributed by atoms with Crippen LogP contribution in [0.1, 0.15) is 25.3 Å². The molecule has 108 valence electrons. The first-order valence-electron chi connectivity index (χ1n) is 6.80. The molecular weight excluding hydrogens is 258 g/mol. The fourth-order valence-electron chi connectivity index (χ4n) is 2.52. The average Bonchev–Trinajstić information content (AvgIpc) is 2.91. The van der Waals surface area contributed by atoms with Gasteiger partial charge in [-0.05, 0) is 32.8 Å². The zero-order chi connectivity index (χ0) is 14.7. The van der Waals surface area contributed by atoms with Gasteiger partial charge in [0.1, 0.15) is 11.7 Å². The van der Waals surface area contributed by atoms with Gasteiger partial charge >= 0.3 is 0 Å². The highest BCUT2D eigenvalue weighted by Gasteiger charge is 2.25. The van der Waals surface area contributed by atoms with Gasteiger partial charge in [-0.15, -0.1) is 0 Å². The summed E-state index contributed by atoms with van der Waals surface area (Å²) in [6, 6.07) is 4.61. The third kappa shape index (κ3) is 2.89.